The second-order valence-electron chi connectivity index (χ2n) is 5.92. The second-order valence-corrected chi connectivity index (χ2v) is 5.92. The molecule has 0 bridgehead atoms. The van der Waals surface area contributed by atoms with Crippen LogP contribution in [0.2, 0.25) is 0 Å². The van der Waals surface area contributed by atoms with Crippen LogP contribution in [0.4, 0.5) is 5.82 Å². The van der Waals surface area contributed by atoms with E-state index in [0.717, 1.165) is 45.7 Å². The van der Waals surface area contributed by atoms with E-state index in [2.05, 4.69) is 15.3 Å². The zero-order valence-corrected chi connectivity index (χ0v) is 13.7. The van der Waals surface area contributed by atoms with Crippen LogP contribution in [0.1, 0.15) is 12.8 Å². The maximum absolute atomic E-state index is 12.3. The third-order valence-corrected chi connectivity index (χ3v) is 4.26. The first-order valence-corrected chi connectivity index (χ1v) is 8.00. The lowest BCUT2D eigenvalue weighted by Crippen LogP contribution is -2.41. The smallest absolute Gasteiger partial charge is 0.254 e. The van der Waals surface area contributed by atoms with Gasteiger partial charge in [-0.25, -0.2) is 4.68 Å². The number of aryl methyl sites for hydroxylation is 1. The highest BCUT2D eigenvalue weighted by Gasteiger charge is 2.32. The molecule has 2 atom stereocenters. The van der Waals surface area contributed by atoms with Gasteiger partial charge in [-0.3, -0.25) is 9.69 Å². The molecule has 0 radical (unpaired) electrons. The summed E-state index contributed by atoms with van der Waals surface area (Å²) in [4.78, 5) is 14.6. The summed E-state index contributed by atoms with van der Waals surface area (Å²) in [7, 11) is 3.33. The Bertz CT molecular complexity index is 542. The first kappa shape index (κ1) is 16.2. The Hall–Kier alpha value is -1.64. The van der Waals surface area contributed by atoms with Crippen LogP contribution < -0.4 is 10.1 Å². The topological polar surface area (TPSA) is 77.8 Å². The van der Waals surface area contributed by atoms with Gasteiger partial charge in [0.15, 0.2) is 5.82 Å². The van der Waals surface area contributed by atoms with Crippen LogP contribution in [0.25, 0.3) is 0 Å². The lowest BCUT2D eigenvalue weighted by molar-refractivity contribution is -0.127. The van der Waals surface area contributed by atoms with Crippen molar-refractivity contribution in [2.45, 2.75) is 25.0 Å². The number of rotatable bonds is 5. The van der Waals surface area contributed by atoms with Gasteiger partial charge in [-0.05, 0) is 12.8 Å². The first-order chi connectivity index (χ1) is 11.2. The Morgan fingerprint density at radius 3 is 2.91 bits per heavy atom. The van der Waals surface area contributed by atoms with Crippen LogP contribution in [-0.2, 0) is 21.3 Å². The molecule has 0 unspecified atom stereocenters. The molecule has 2 saturated heterocycles. The number of aromatic nitrogens is 2. The predicted molar refractivity (Wildman–Crippen MR) is 83.5 cm³/mol. The van der Waals surface area contributed by atoms with Gasteiger partial charge in [-0.1, -0.05) is 0 Å². The van der Waals surface area contributed by atoms with Gasteiger partial charge >= 0.3 is 0 Å². The third-order valence-electron chi connectivity index (χ3n) is 4.26. The van der Waals surface area contributed by atoms with Crippen molar-refractivity contribution in [3.05, 3.63) is 6.07 Å². The minimum atomic E-state index is -0.408. The summed E-state index contributed by atoms with van der Waals surface area (Å²) in [6, 6.07) is 1.69. The van der Waals surface area contributed by atoms with E-state index in [9.17, 15) is 4.79 Å². The summed E-state index contributed by atoms with van der Waals surface area (Å²) in [5, 5.41) is 6.98. The molecular weight excluding hydrogens is 300 g/mol. The molecule has 0 aliphatic carbocycles. The largest absolute Gasteiger partial charge is 0.481 e. The average Bonchev–Trinajstić information content (AvgIpc) is 3.15. The summed E-state index contributed by atoms with van der Waals surface area (Å²) < 4.78 is 18.0. The molecule has 1 aromatic rings. The van der Waals surface area contributed by atoms with Gasteiger partial charge in [-0.15, -0.1) is 0 Å². The van der Waals surface area contributed by atoms with E-state index in [-0.39, 0.29) is 12.0 Å². The van der Waals surface area contributed by atoms with Gasteiger partial charge in [0, 0.05) is 32.7 Å². The molecule has 0 spiro atoms. The van der Waals surface area contributed by atoms with Crippen molar-refractivity contribution in [3.63, 3.8) is 0 Å². The fraction of sp³-hybridized carbons (Fsp3) is 0.733. The third kappa shape index (κ3) is 4.01. The van der Waals surface area contributed by atoms with Crippen LogP contribution in [0, 0.1) is 0 Å². The van der Waals surface area contributed by atoms with Gasteiger partial charge in [0.25, 0.3) is 5.91 Å². The molecule has 1 aromatic heterocycles. The molecule has 3 heterocycles. The van der Waals surface area contributed by atoms with E-state index in [4.69, 9.17) is 14.2 Å². The SMILES string of the molecule is COc1cc(NC(=O)[C@@H]2CC[C@H](CN3CCOCC3)O2)nn1C. The zero-order valence-electron chi connectivity index (χ0n) is 13.7. The van der Waals surface area contributed by atoms with Crippen LogP contribution in [-0.4, -0.2) is 72.8 Å². The average molecular weight is 324 g/mol. The number of hydrogen-bond acceptors (Lipinski definition) is 6. The van der Waals surface area contributed by atoms with Gasteiger partial charge < -0.3 is 19.5 Å². The van der Waals surface area contributed by atoms with Crippen LogP contribution in [0.15, 0.2) is 6.07 Å². The number of carbonyl (C=O) groups excluding carboxylic acids is 1. The quantitative estimate of drug-likeness (QED) is 0.836. The molecule has 0 saturated carbocycles. The van der Waals surface area contributed by atoms with Crippen molar-refractivity contribution in [1.82, 2.24) is 14.7 Å². The molecule has 2 aliphatic rings. The number of nitrogens with one attached hydrogen (secondary N) is 1. The lowest BCUT2D eigenvalue weighted by Gasteiger charge is -2.28. The molecule has 23 heavy (non-hydrogen) atoms. The van der Waals surface area contributed by atoms with Crippen LogP contribution in [0.5, 0.6) is 5.88 Å². The minimum absolute atomic E-state index is 0.113. The van der Waals surface area contributed by atoms with Gasteiger partial charge in [0.1, 0.15) is 6.10 Å². The fourth-order valence-corrected chi connectivity index (χ4v) is 3.01. The molecule has 128 valence electrons. The maximum Gasteiger partial charge on any atom is 0.254 e. The number of ether oxygens (including phenoxy) is 3. The van der Waals surface area contributed by atoms with Crippen LogP contribution in [0.3, 0.4) is 0 Å². The van der Waals surface area contributed by atoms with E-state index in [1.54, 1.807) is 24.9 Å². The number of morpholine rings is 1. The number of amides is 1. The molecular formula is C15H24N4O4. The standard InChI is InChI=1S/C15H24N4O4/c1-18-14(21-2)9-13(17-18)16-15(20)12-4-3-11(23-12)10-19-5-7-22-8-6-19/h9,11-12H,3-8,10H2,1-2H3,(H,16,17,20)/t11-,12+/m1/s1. The highest BCUT2D eigenvalue weighted by Crippen LogP contribution is 2.23. The monoisotopic (exact) mass is 324 g/mol. The second kappa shape index (κ2) is 7.29. The van der Waals surface area contributed by atoms with Crippen molar-refractivity contribution >= 4 is 11.7 Å². The Balaban J connectivity index is 1.48. The predicted octanol–water partition coefficient (Wildman–Crippen LogP) is 0.247. The summed E-state index contributed by atoms with van der Waals surface area (Å²) >= 11 is 0. The normalized spacial score (nSPS) is 25.5. The number of carbonyl (C=O) groups is 1. The summed E-state index contributed by atoms with van der Waals surface area (Å²) in [5.41, 5.74) is 0. The Kier molecular flexibility index (Phi) is 5.14. The highest BCUT2D eigenvalue weighted by atomic mass is 16.5. The van der Waals surface area contributed by atoms with Gasteiger partial charge in [0.05, 0.1) is 26.4 Å². The van der Waals surface area contributed by atoms with Crippen LogP contribution >= 0.6 is 0 Å². The van der Waals surface area contributed by atoms with Crippen molar-refractivity contribution < 1.29 is 19.0 Å². The molecule has 8 nitrogen and oxygen atoms in total. The number of nitrogens with zero attached hydrogens (tertiary/aromatic N) is 3. The first-order valence-electron chi connectivity index (χ1n) is 8.00. The molecule has 2 fully saturated rings. The summed E-state index contributed by atoms with van der Waals surface area (Å²) in [5.74, 6) is 0.933. The fourth-order valence-electron chi connectivity index (χ4n) is 3.01. The number of methoxy groups -OCH3 is 1. The Morgan fingerprint density at radius 1 is 1.43 bits per heavy atom. The molecule has 2 aliphatic heterocycles. The Morgan fingerprint density at radius 2 is 2.22 bits per heavy atom. The Labute approximate surface area is 135 Å². The van der Waals surface area contributed by atoms with Crippen molar-refractivity contribution in [1.29, 1.82) is 0 Å². The van der Waals surface area contributed by atoms with E-state index >= 15 is 0 Å². The molecule has 3 rings (SSSR count). The van der Waals surface area contributed by atoms with Crippen molar-refractivity contribution in [2.24, 2.45) is 7.05 Å². The zero-order chi connectivity index (χ0) is 16.2. The summed E-state index contributed by atoms with van der Waals surface area (Å²) in [6.07, 6.45) is 1.35. The van der Waals surface area contributed by atoms with E-state index in [1.807, 2.05) is 0 Å². The summed E-state index contributed by atoms with van der Waals surface area (Å²) in [6.45, 7) is 4.29. The molecule has 1 N–H and O–H groups in total. The number of hydrogen-bond donors (Lipinski definition) is 1. The van der Waals surface area contributed by atoms with E-state index in [1.165, 1.54) is 0 Å². The highest BCUT2D eigenvalue weighted by molar-refractivity contribution is 5.93. The van der Waals surface area contributed by atoms with Gasteiger partial charge in [-0.2, -0.15) is 5.10 Å². The number of anilines is 1. The minimum Gasteiger partial charge on any atom is -0.481 e. The van der Waals surface area contributed by atoms with Crippen molar-refractivity contribution in [3.8, 4) is 5.88 Å². The lowest BCUT2D eigenvalue weighted by atomic mass is 10.2. The molecule has 0 aromatic carbocycles. The maximum atomic E-state index is 12.3. The van der Waals surface area contributed by atoms with E-state index in [0.29, 0.717) is 11.7 Å². The van der Waals surface area contributed by atoms with Crippen molar-refractivity contribution in [2.75, 3.05) is 45.3 Å². The molecule has 1 amide bonds. The van der Waals surface area contributed by atoms with Gasteiger partial charge in [0.2, 0.25) is 5.88 Å². The molecule has 8 heteroatoms. The van der Waals surface area contributed by atoms with E-state index < -0.39 is 6.10 Å².